The van der Waals surface area contributed by atoms with E-state index in [2.05, 4.69) is 0 Å². The Labute approximate surface area is 94.5 Å². The van der Waals surface area contributed by atoms with Gasteiger partial charge in [0.1, 0.15) is 3.58 Å². The van der Waals surface area contributed by atoms with Gasteiger partial charge in [0.25, 0.3) is 0 Å². The number of aliphatic carboxylic acids is 1. The maximum Gasteiger partial charge on any atom is 0.342 e. The van der Waals surface area contributed by atoms with Crippen LogP contribution in [0.15, 0.2) is 7.66 Å². The van der Waals surface area contributed by atoms with E-state index in [1.807, 2.05) is 22.6 Å². The third kappa shape index (κ3) is 5.72. The predicted octanol–water partition coefficient (Wildman–Crippen LogP) is 1.78. The van der Waals surface area contributed by atoms with Gasteiger partial charge in [-0.3, -0.25) is 0 Å². The summed E-state index contributed by atoms with van der Waals surface area (Å²) in [5.74, 6) is -0.866. The molecule has 0 fully saturated rings. The second-order valence-corrected chi connectivity index (χ2v) is 2.55. The monoisotopic (exact) mass is 438 g/mol. The van der Waals surface area contributed by atoms with Gasteiger partial charge in [-0.1, -0.05) is 22.6 Å². The van der Waals surface area contributed by atoms with Crippen LogP contribution in [0.5, 0.6) is 0 Å². The minimum Gasteiger partial charge on any atom is -0.477 e. The molecule has 1 N–H and O–H groups in total. The van der Waals surface area contributed by atoms with Crippen LogP contribution in [-0.2, 0) is 32.1 Å². The van der Waals surface area contributed by atoms with E-state index in [1.165, 1.54) is 4.08 Å². The first kappa shape index (κ1) is 12.3. The average molecular weight is 436 g/mol. The van der Waals surface area contributed by atoms with Crippen LogP contribution in [0.2, 0.25) is 0 Å². The van der Waals surface area contributed by atoms with Gasteiger partial charge in [0, 0.05) is 27.3 Å². The fourth-order valence-corrected chi connectivity index (χ4v) is 0.313. The van der Waals surface area contributed by atoms with Crippen molar-refractivity contribution in [2.75, 3.05) is 0 Å². The van der Waals surface area contributed by atoms with Crippen LogP contribution in [0.4, 0.5) is 0 Å². The fraction of sp³-hybridized carbons (Fsp3) is 0. The number of rotatable bonds is 1. The van der Waals surface area contributed by atoms with Gasteiger partial charge in [0.15, 0.2) is 0 Å². The van der Waals surface area contributed by atoms with Crippen molar-refractivity contribution in [3.8, 4) is 0 Å². The number of halogens is 2. The summed E-state index contributed by atoms with van der Waals surface area (Å²) < 4.78 is 1.86. The zero-order chi connectivity index (χ0) is 5.86. The van der Waals surface area contributed by atoms with E-state index in [4.69, 9.17) is 5.11 Å². The van der Waals surface area contributed by atoms with Crippen LogP contribution in [0, 0.1) is 0 Å². The van der Waals surface area contributed by atoms with Crippen molar-refractivity contribution in [2.45, 2.75) is 0 Å². The molecule has 0 spiro atoms. The van der Waals surface area contributed by atoms with Crippen molar-refractivity contribution < 1.29 is 37.2 Å². The van der Waals surface area contributed by atoms with Gasteiger partial charge < -0.3 is 5.11 Å². The van der Waals surface area contributed by atoms with Crippen molar-refractivity contribution in [3.05, 3.63) is 7.66 Å². The molecule has 0 aliphatic rings. The van der Waals surface area contributed by atoms with Crippen LogP contribution in [0.3, 0.4) is 0 Å². The number of hydrogen-bond acceptors (Lipinski definition) is 1. The summed E-state index contributed by atoms with van der Waals surface area (Å²) in [6.45, 7) is 0. The Morgan fingerprint density at radius 2 is 2.00 bits per heavy atom. The Bertz CT molecular complexity index is 112. The quantitative estimate of drug-likeness (QED) is 0.387. The second-order valence-electron chi connectivity index (χ2n) is 0.762. The SMILES string of the molecule is O=C(O)C(I)=CI.[Cd]. The number of carboxylic acid groups (broad SMARTS) is 1. The Kier molecular flexibility index (Phi) is 10.3. The number of carboxylic acids is 1. The topological polar surface area (TPSA) is 37.3 Å². The van der Waals surface area contributed by atoms with Gasteiger partial charge in [0.05, 0.1) is 0 Å². The van der Waals surface area contributed by atoms with Crippen molar-refractivity contribution in [1.29, 1.82) is 0 Å². The van der Waals surface area contributed by atoms with Crippen LogP contribution < -0.4 is 0 Å². The molecule has 0 unspecified atom stereocenters. The maximum absolute atomic E-state index is 9.85. The van der Waals surface area contributed by atoms with E-state index >= 15 is 0 Å². The molecule has 0 heterocycles. The summed E-state index contributed by atoms with van der Waals surface area (Å²) >= 11 is 3.63. The van der Waals surface area contributed by atoms with Gasteiger partial charge in [-0.15, -0.1) is 0 Å². The first-order chi connectivity index (χ1) is 3.18. The Hall–Kier alpha value is 1.59. The molecule has 0 aromatic rings. The molecule has 8 heavy (non-hydrogen) atoms. The van der Waals surface area contributed by atoms with Crippen molar-refractivity contribution in [3.63, 3.8) is 0 Å². The molecule has 0 radical (unpaired) electrons. The Morgan fingerprint density at radius 1 is 1.62 bits per heavy atom. The van der Waals surface area contributed by atoms with E-state index in [0.717, 1.165) is 0 Å². The molecular formula is C3H2CdI2O2. The van der Waals surface area contributed by atoms with E-state index < -0.39 is 5.97 Å². The van der Waals surface area contributed by atoms with Crippen LogP contribution in [-0.4, -0.2) is 11.1 Å². The molecule has 0 atom stereocenters. The molecule has 42 valence electrons. The summed E-state index contributed by atoms with van der Waals surface area (Å²) in [6.07, 6.45) is 0. The predicted molar refractivity (Wildman–Crippen MR) is 43.8 cm³/mol. The maximum atomic E-state index is 9.85. The molecule has 0 aliphatic carbocycles. The van der Waals surface area contributed by atoms with Gasteiger partial charge in [-0.25, -0.2) is 4.79 Å². The largest absolute Gasteiger partial charge is 0.477 e. The first-order valence-electron chi connectivity index (χ1n) is 1.37. The van der Waals surface area contributed by atoms with Crippen LogP contribution in [0.25, 0.3) is 0 Å². The standard InChI is InChI=1S/C3H2I2O2.Cd/c4-1-2(5)3(6)7;/h1H,(H,6,7);. The van der Waals surface area contributed by atoms with Crippen LogP contribution >= 0.6 is 45.2 Å². The molecule has 2 nitrogen and oxygen atoms in total. The van der Waals surface area contributed by atoms with Crippen molar-refractivity contribution in [1.82, 2.24) is 0 Å². The van der Waals surface area contributed by atoms with Gasteiger partial charge >= 0.3 is 5.97 Å². The molecule has 0 bridgehead atoms. The second kappa shape index (κ2) is 6.71. The minimum absolute atomic E-state index is 0. The third-order valence-electron chi connectivity index (χ3n) is 0.300. The summed E-state index contributed by atoms with van der Waals surface area (Å²) in [7, 11) is 0. The molecule has 0 saturated heterocycles. The van der Waals surface area contributed by atoms with E-state index in [-0.39, 0.29) is 27.3 Å². The summed E-state index contributed by atoms with van der Waals surface area (Å²) in [6, 6.07) is 0. The van der Waals surface area contributed by atoms with Gasteiger partial charge in [-0.2, -0.15) is 0 Å². The summed E-state index contributed by atoms with van der Waals surface area (Å²) in [5, 5.41) is 8.10. The van der Waals surface area contributed by atoms with E-state index in [1.54, 1.807) is 22.6 Å². The third-order valence-corrected chi connectivity index (χ3v) is 2.89. The van der Waals surface area contributed by atoms with Crippen molar-refractivity contribution in [2.24, 2.45) is 0 Å². The van der Waals surface area contributed by atoms with E-state index in [0.29, 0.717) is 3.58 Å². The van der Waals surface area contributed by atoms with Gasteiger partial charge in [0.2, 0.25) is 0 Å². The molecule has 0 amide bonds. The first-order valence-corrected chi connectivity index (χ1v) is 3.70. The summed E-state index contributed by atoms with van der Waals surface area (Å²) in [5.41, 5.74) is 0. The smallest absolute Gasteiger partial charge is 0.342 e. The molecular weight excluding hydrogens is 434 g/mol. The molecule has 0 aromatic carbocycles. The van der Waals surface area contributed by atoms with Gasteiger partial charge in [-0.05, 0) is 26.7 Å². The molecule has 5 heteroatoms. The molecule has 0 rings (SSSR count). The Morgan fingerprint density at radius 3 is 2.00 bits per heavy atom. The number of carbonyl (C=O) groups is 1. The van der Waals surface area contributed by atoms with E-state index in [9.17, 15) is 4.79 Å². The van der Waals surface area contributed by atoms with Crippen molar-refractivity contribution >= 4 is 51.2 Å². The average Bonchev–Trinajstić information content (AvgIpc) is 1.65. The normalized spacial score (nSPS) is 10.0. The Balaban J connectivity index is 0. The fourth-order valence-electron chi connectivity index (χ4n) is 0.0467. The number of hydrogen-bond donors (Lipinski definition) is 1. The molecule has 0 saturated carbocycles. The summed E-state index contributed by atoms with van der Waals surface area (Å²) in [4.78, 5) is 9.85. The zero-order valence-electron chi connectivity index (χ0n) is 3.90. The molecule has 0 aromatic heterocycles. The minimum atomic E-state index is -0.866. The molecule has 0 aliphatic heterocycles. The van der Waals surface area contributed by atoms with Crippen LogP contribution in [0.1, 0.15) is 0 Å². The zero-order valence-corrected chi connectivity index (χ0v) is 12.2.